The summed E-state index contributed by atoms with van der Waals surface area (Å²) in [4.78, 5) is 0. The van der Waals surface area contributed by atoms with Gasteiger partial charge in [-0.15, -0.1) is 0 Å². The van der Waals surface area contributed by atoms with Gasteiger partial charge in [0.1, 0.15) is 0 Å². The van der Waals surface area contributed by atoms with E-state index < -0.39 is 0 Å². The molecule has 7 aromatic rings. The molecule has 0 fully saturated rings. The van der Waals surface area contributed by atoms with Gasteiger partial charge in [-0.2, -0.15) is 0 Å². The summed E-state index contributed by atoms with van der Waals surface area (Å²) in [6.07, 6.45) is 0. The largest absolute Gasteiger partial charge is 0.0619 e. The second kappa shape index (κ2) is 10.7. The van der Waals surface area contributed by atoms with Crippen molar-refractivity contribution in [2.24, 2.45) is 0 Å². The fourth-order valence-electron chi connectivity index (χ4n) is 8.12. The molecule has 8 rings (SSSR count). The Kier molecular flexibility index (Phi) is 6.59. The number of hydrogen-bond donors (Lipinski definition) is 0. The van der Waals surface area contributed by atoms with E-state index in [9.17, 15) is 0 Å². The summed E-state index contributed by atoms with van der Waals surface area (Å²) in [5.41, 5.74) is 15.4. The lowest BCUT2D eigenvalue weighted by Gasteiger charge is -2.46. The maximum Gasteiger partial charge on any atom is 0.0435 e. The van der Waals surface area contributed by atoms with Crippen LogP contribution in [-0.2, 0) is 10.8 Å². The zero-order valence-corrected chi connectivity index (χ0v) is 27.0. The Balaban J connectivity index is 1.25. The first-order valence-corrected chi connectivity index (χ1v) is 16.4. The van der Waals surface area contributed by atoms with Gasteiger partial charge >= 0.3 is 0 Å². The summed E-state index contributed by atoms with van der Waals surface area (Å²) >= 11 is 0. The Morgan fingerprint density at radius 3 is 1.37 bits per heavy atom. The molecule has 0 aliphatic heterocycles. The van der Waals surface area contributed by atoms with E-state index in [0.717, 1.165) is 0 Å². The Hall–Kier alpha value is -5.20. The molecule has 0 heterocycles. The summed E-state index contributed by atoms with van der Waals surface area (Å²) in [7, 11) is 0. The van der Waals surface area contributed by atoms with Gasteiger partial charge in [-0.1, -0.05) is 177 Å². The SMILES string of the molecule is Cc1cccc(-c2ccc(-c3ccc(-c4ccccc4C4(C)c5ccccc5C(C)(C)c5ccccc54)cc3)c3ccccc23)c1. The molecule has 0 nitrogen and oxygen atoms in total. The van der Waals surface area contributed by atoms with Gasteiger partial charge in [0.05, 0.1) is 0 Å². The highest BCUT2D eigenvalue weighted by Gasteiger charge is 2.45. The molecule has 46 heavy (non-hydrogen) atoms. The van der Waals surface area contributed by atoms with Crippen LogP contribution in [0.2, 0.25) is 0 Å². The predicted octanol–water partition coefficient (Wildman–Crippen LogP) is 12.1. The quantitative estimate of drug-likeness (QED) is 0.191. The molecule has 0 atom stereocenters. The average Bonchev–Trinajstić information content (AvgIpc) is 3.10. The Bertz CT molecular complexity index is 2200. The van der Waals surface area contributed by atoms with Gasteiger partial charge in [0, 0.05) is 10.8 Å². The maximum absolute atomic E-state index is 2.43. The minimum Gasteiger partial charge on any atom is -0.0619 e. The second-order valence-corrected chi connectivity index (χ2v) is 13.5. The van der Waals surface area contributed by atoms with Crippen LogP contribution in [-0.4, -0.2) is 0 Å². The third-order valence-electron chi connectivity index (χ3n) is 10.5. The van der Waals surface area contributed by atoms with E-state index in [1.807, 2.05) is 0 Å². The number of hydrogen-bond acceptors (Lipinski definition) is 0. The second-order valence-electron chi connectivity index (χ2n) is 13.5. The van der Waals surface area contributed by atoms with Crippen LogP contribution < -0.4 is 0 Å². The Morgan fingerprint density at radius 2 is 0.804 bits per heavy atom. The molecule has 0 unspecified atom stereocenters. The summed E-state index contributed by atoms with van der Waals surface area (Å²) < 4.78 is 0. The first-order chi connectivity index (χ1) is 22.4. The third kappa shape index (κ3) is 4.28. The van der Waals surface area contributed by atoms with E-state index >= 15 is 0 Å². The van der Waals surface area contributed by atoms with Crippen molar-refractivity contribution in [3.8, 4) is 33.4 Å². The standard InChI is InChI=1S/C46H38/c1-31-14-13-15-34(30-31)36-29-28-35(38-17-5-6-18-39(36)38)32-24-26-33(27-25-32)37-16-7-8-19-40(37)46(4)43-22-11-9-20-41(43)45(2,3)42-21-10-12-23-44(42)46/h5-30H,1-4H3. The van der Waals surface area contributed by atoms with Gasteiger partial charge in [0.25, 0.3) is 0 Å². The topological polar surface area (TPSA) is 0 Å². The molecule has 0 saturated carbocycles. The van der Waals surface area contributed by atoms with Crippen LogP contribution in [0.3, 0.4) is 0 Å². The van der Waals surface area contributed by atoms with Crippen molar-refractivity contribution in [1.82, 2.24) is 0 Å². The smallest absolute Gasteiger partial charge is 0.0435 e. The van der Waals surface area contributed by atoms with Gasteiger partial charge < -0.3 is 0 Å². The average molecular weight is 591 g/mol. The van der Waals surface area contributed by atoms with Crippen molar-refractivity contribution in [2.45, 2.75) is 38.5 Å². The fraction of sp³-hybridized carbons (Fsp3) is 0.130. The highest BCUT2D eigenvalue weighted by molar-refractivity contribution is 6.05. The number of fused-ring (bicyclic) bond motifs is 3. The van der Waals surface area contributed by atoms with E-state index in [0.29, 0.717) is 0 Å². The molecule has 0 saturated heterocycles. The Morgan fingerprint density at radius 1 is 0.348 bits per heavy atom. The van der Waals surface area contributed by atoms with Crippen LogP contribution in [0, 0.1) is 6.92 Å². The van der Waals surface area contributed by atoms with Gasteiger partial charge in [-0.25, -0.2) is 0 Å². The highest BCUT2D eigenvalue weighted by atomic mass is 14.5. The van der Waals surface area contributed by atoms with Crippen molar-refractivity contribution in [1.29, 1.82) is 0 Å². The molecular weight excluding hydrogens is 553 g/mol. The normalized spacial score (nSPS) is 14.4. The molecular formula is C46H38. The summed E-state index contributed by atoms with van der Waals surface area (Å²) in [6, 6.07) is 58.6. The number of aryl methyl sites for hydroxylation is 1. The lowest BCUT2D eigenvalue weighted by Crippen LogP contribution is -2.39. The fourth-order valence-corrected chi connectivity index (χ4v) is 8.12. The van der Waals surface area contributed by atoms with Crippen LogP contribution >= 0.6 is 0 Å². The molecule has 1 aliphatic rings. The summed E-state index contributed by atoms with van der Waals surface area (Å²) in [5, 5.41) is 2.56. The molecule has 0 N–H and O–H groups in total. The van der Waals surface area contributed by atoms with Crippen LogP contribution in [0.4, 0.5) is 0 Å². The van der Waals surface area contributed by atoms with Gasteiger partial charge in [0.15, 0.2) is 0 Å². The lowest BCUT2D eigenvalue weighted by molar-refractivity contribution is 0.542. The van der Waals surface area contributed by atoms with Crippen molar-refractivity contribution in [2.75, 3.05) is 0 Å². The zero-order valence-electron chi connectivity index (χ0n) is 27.0. The predicted molar refractivity (Wildman–Crippen MR) is 196 cm³/mol. The van der Waals surface area contributed by atoms with Crippen molar-refractivity contribution < 1.29 is 0 Å². The summed E-state index contributed by atoms with van der Waals surface area (Å²) in [6.45, 7) is 9.32. The van der Waals surface area contributed by atoms with Gasteiger partial charge in [-0.05, 0) is 85.8 Å². The van der Waals surface area contributed by atoms with Crippen molar-refractivity contribution in [3.05, 3.63) is 191 Å². The minimum atomic E-state index is -0.292. The molecule has 0 spiro atoms. The van der Waals surface area contributed by atoms with Crippen LogP contribution in [0.15, 0.2) is 158 Å². The highest BCUT2D eigenvalue weighted by Crippen LogP contribution is 2.54. The van der Waals surface area contributed by atoms with E-state index in [1.54, 1.807) is 0 Å². The van der Waals surface area contributed by atoms with Gasteiger partial charge in [0.2, 0.25) is 0 Å². The lowest BCUT2D eigenvalue weighted by atomic mass is 9.56. The van der Waals surface area contributed by atoms with E-state index in [1.165, 1.54) is 77.5 Å². The first kappa shape index (κ1) is 28.3. The Labute approximate surface area is 273 Å². The molecule has 0 amide bonds. The molecule has 7 aromatic carbocycles. The zero-order chi connectivity index (χ0) is 31.5. The van der Waals surface area contributed by atoms with Crippen molar-refractivity contribution in [3.63, 3.8) is 0 Å². The third-order valence-corrected chi connectivity index (χ3v) is 10.5. The monoisotopic (exact) mass is 590 g/mol. The van der Waals surface area contributed by atoms with E-state index in [-0.39, 0.29) is 10.8 Å². The molecule has 0 heteroatoms. The summed E-state index contributed by atoms with van der Waals surface area (Å²) in [5.74, 6) is 0. The molecule has 0 radical (unpaired) electrons. The van der Waals surface area contributed by atoms with Gasteiger partial charge in [-0.3, -0.25) is 0 Å². The van der Waals surface area contributed by atoms with Crippen LogP contribution in [0.1, 0.15) is 54.2 Å². The van der Waals surface area contributed by atoms with Crippen LogP contribution in [0.5, 0.6) is 0 Å². The van der Waals surface area contributed by atoms with E-state index in [4.69, 9.17) is 0 Å². The number of benzene rings is 7. The minimum absolute atomic E-state index is 0.0685. The number of rotatable bonds is 4. The van der Waals surface area contributed by atoms with Crippen molar-refractivity contribution >= 4 is 10.8 Å². The first-order valence-electron chi connectivity index (χ1n) is 16.4. The molecule has 0 bridgehead atoms. The van der Waals surface area contributed by atoms with E-state index in [2.05, 4.69) is 185 Å². The molecule has 0 aromatic heterocycles. The molecule has 1 aliphatic carbocycles. The molecule has 222 valence electrons. The van der Waals surface area contributed by atoms with Crippen LogP contribution in [0.25, 0.3) is 44.2 Å². The maximum atomic E-state index is 2.43.